The minimum atomic E-state index is -1.18. The molecule has 3 saturated heterocycles. The number of rotatable bonds is 16. The molecule has 224 valence electrons. The summed E-state index contributed by atoms with van der Waals surface area (Å²) < 4.78 is 12.2. The van der Waals surface area contributed by atoms with Crippen molar-refractivity contribution in [3.8, 4) is 0 Å². The van der Waals surface area contributed by atoms with Gasteiger partial charge in [-0.15, -0.1) is 13.2 Å². The van der Waals surface area contributed by atoms with Gasteiger partial charge in [-0.25, -0.2) is 0 Å². The van der Waals surface area contributed by atoms with Gasteiger partial charge in [-0.3, -0.25) is 14.4 Å². The van der Waals surface area contributed by atoms with E-state index in [1.807, 2.05) is 6.08 Å². The smallest absolute Gasteiger partial charge is 0.312 e. The van der Waals surface area contributed by atoms with Crippen LogP contribution in [0.3, 0.4) is 0 Å². The Hall–Kier alpha value is -2.20. The van der Waals surface area contributed by atoms with Crippen LogP contribution in [0, 0.1) is 11.8 Å². The summed E-state index contributed by atoms with van der Waals surface area (Å²) in [7, 11) is 0. The number of nitrogens with zero attached hydrogens (tertiary/aromatic N) is 2. The molecule has 10 heteroatoms. The number of benzene rings is 1. The van der Waals surface area contributed by atoms with Gasteiger partial charge in [-0.1, -0.05) is 64.7 Å². The Morgan fingerprint density at radius 2 is 1.93 bits per heavy atom. The maximum atomic E-state index is 14.5. The zero-order valence-electron chi connectivity index (χ0n) is 23.4. The first-order valence-corrected chi connectivity index (χ1v) is 15.8. The number of esters is 1. The molecule has 0 aliphatic carbocycles. The highest BCUT2D eigenvalue weighted by molar-refractivity contribution is 9.09. The van der Waals surface area contributed by atoms with Crippen molar-refractivity contribution >= 4 is 51.0 Å². The molecule has 1 aromatic carbocycles. The topological polar surface area (TPSA) is 96.4 Å². The van der Waals surface area contributed by atoms with Gasteiger partial charge in [0.05, 0.1) is 35.3 Å². The summed E-state index contributed by atoms with van der Waals surface area (Å²) in [4.78, 5) is 45.1. The van der Waals surface area contributed by atoms with Crippen LogP contribution in [0.5, 0.6) is 0 Å². The number of alkyl halides is 1. The molecule has 3 heterocycles. The van der Waals surface area contributed by atoms with Gasteiger partial charge in [-0.2, -0.15) is 0 Å². The molecule has 0 radical (unpaired) electrons. The van der Waals surface area contributed by atoms with Crippen LogP contribution in [0.2, 0.25) is 5.02 Å². The summed E-state index contributed by atoms with van der Waals surface area (Å²) in [5.74, 6) is -2.64. The third-order valence-electron chi connectivity index (χ3n) is 8.37. The molecule has 3 unspecified atom stereocenters. The van der Waals surface area contributed by atoms with Gasteiger partial charge >= 0.3 is 5.97 Å². The number of carbonyl (C=O) groups is 3. The lowest BCUT2D eigenvalue weighted by Gasteiger charge is -2.37. The van der Waals surface area contributed by atoms with Crippen LogP contribution in [0.4, 0.5) is 5.69 Å². The number of likely N-dealkylation sites (tertiary alicyclic amines) is 1. The molecule has 6 atom stereocenters. The SMILES string of the molecule is C=CCCCCOC(=O)[C@H]1[C@@H]2OC3(CC2Br)C(C(=O)N(CC=C)c2ccccc2Cl)N(CCCCCCO)C(=O)[C@H]13. The molecule has 0 saturated carbocycles. The molecule has 2 amide bonds. The second-order valence-corrected chi connectivity index (χ2v) is 12.6. The molecule has 1 spiro atoms. The van der Waals surface area contributed by atoms with Crippen LogP contribution in [0.1, 0.15) is 51.4 Å². The van der Waals surface area contributed by atoms with Gasteiger partial charge in [0.15, 0.2) is 0 Å². The molecule has 4 rings (SSSR count). The number of allylic oxidation sites excluding steroid dienone is 1. The average Bonchev–Trinajstić information content (AvgIpc) is 3.55. The van der Waals surface area contributed by atoms with Gasteiger partial charge in [0.25, 0.3) is 5.91 Å². The van der Waals surface area contributed by atoms with Crippen LogP contribution in [-0.4, -0.2) is 76.7 Å². The Labute approximate surface area is 255 Å². The van der Waals surface area contributed by atoms with E-state index in [1.54, 1.807) is 40.1 Å². The van der Waals surface area contributed by atoms with Gasteiger partial charge in [0, 0.05) is 24.5 Å². The predicted molar refractivity (Wildman–Crippen MR) is 162 cm³/mol. The van der Waals surface area contributed by atoms with Crippen molar-refractivity contribution in [2.45, 2.75) is 73.9 Å². The number of hydrogen-bond donors (Lipinski definition) is 1. The lowest BCUT2D eigenvalue weighted by atomic mass is 9.70. The summed E-state index contributed by atoms with van der Waals surface area (Å²) in [5.41, 5.74) is -0.654. The number of fused-ring (bicyclic) bond motifs is 1. The highest BCUT2D eigenvalue weighted by atomic mass is 79.9. The third kappa shape index (κ3) is 6.28. The van der Waals surface area contributed by atoms with E-state index in [2.05, 4.69) is 29.1 Å². The van der Waals surface area contributed by atoms with Gasteiger partial charge < -0.3 is 24.4 Å². The molecule has 1 aromatic rings. The van der Waals surface area contributed by atoms with E-state index in [-0.39, 0.29) is 36.4 Å². The van der Waals surface area contributed by atoms with Crippen molar-refractivity contribution in [1.29, 1.82) is 0 Å². The first-order valence-electron chi connectivity index (χ1n) is 14.5. The second-order valence-electron chi connectivity index (χ2n) is 11.0. The number of para-hydroxylation sites is 1. The number of hydrogen-bond acceptors (Lipinski definition) is 6. The molecule has 0 aromatic heterocycles. The van der Waals surface area contributed by atoms with Crippen molar-refractivity contribution in [1.82, 2.24) is 4.90 Å². The van der Waals surface area contributed by atoms with Gasteiger partial charge in [0.1, 0.15) is 11.6 Å². The van der Waals surface area contributed by atoms with Crippen LogP contribution in [0.25, 0.3) is 0 Å². The van der Waals surface area contributed by atoms with E-state index >= 15 is 0 Å². The number of ether oxygens (including phenoxy) is 2. The molecule has 1 N–H and O–H groups in total. The number of carbonyl (C=O) groups excluding carboxylic acids is 3. The zero-order chi connectivity index (χ0) is 29.6. The van der Waals surface area contributed by atoms with Gasteiger partial charge in [0.2, 0.25) is 5.91 Å². The molecule has 41 heavy (non-hydrogen) atoms. The number of amides is 2. The molecule has 3 aliphatic heterocycles. The van der Waals surface area contributed by atoms with Crippen molar-refractivity contribution in [2.75, 3.05) is 31.2 Å². The van der Waals surface area contributed by atoms with E-state index in [1.165, 1.54) is 0 Å². The number of halogens is 2. The summed E-state index contributed by atoms with van der Waals surface area (Å²) in [6.45, 7) is 8.46. The minimum absolute atomic E-state index is 0.114. The van der Waals surface area contributed by atoms with Crippen LogP contribution in [0.15, 0.2) is 49.6 Å². The van der Waals surface area contributed by atoms with Crippen molar-refractivity contribution in [2.24, 2.45) is 11.8 Å². The highest BCUT2D eigenvalue weighted by Gasteiger charge is 2.77. The van der Waals surface area contributed by atoms with E-state index in [0.717, 1.165) is 25.7 Å². The first-order chi connectivity index (χ1) is 19.8. The van der Waals surface area contributed by atoms with Crippen molar-refractivity contribution in [3.63, 3.8) is 0 Å². The normalized spacial score (nSPS) is 28.0. The summed E-state index contributed by atoms with van der Waals surface area (Å²) in [6.07, 6.45) is 8.65. The Kier molecular flexibility index (Phi) is 11.1. The Morgan fingerprint density at radius 1 is 1.17 bits per heavy atom. The van der Waals surface area contributed by atoms with Crippen LogP contribution < -0.4 is 4.90 Å². The van der Waals surface area contributed by atoms with Crippen molar-refractivity contribution in [3.05, 3.63) is 54.6 Å². The molecule has 8 nitrogen and oxygen atoms in total. The van der Waals surface area contributed by atoms with Crippen LogP contribution >= 0.6 is 27.5 Å². The minimum Gasteiger partial charge on any atom is -0.465 e. The number of aliphatic hydroxyl groups is 1. The fourth-order valence-electron chi connectivity index (χ4n) is 6.58. The molecular weight excluding hydrogens is 612 g/mol. The lowest BCUT2D eigenvalue weighted by Crippen LogP contribution is -2.57. The van der Waals surface area contributed by atoms with E-state index in [4.69, 9.17) is 26.2 Å². The quantitative estimate of drug-likeness (QED) is 0.116. The molecule has 2 bridgehead atoms. The average molecular weight is 652 g/mol. The molecule has 3 aliphatic rings. The van der Waals surface area contributed by atoms with E-state index in [0.29, 0.717) is 42.9 Å². The van der Waals surface area contributed by atoms with Crippen molar-refractivity contribution < 1.29 is 29.0 Å². The first kappa shape index (κ1) is 31.7. The third-order valence-corrected chi connectivity index (χ3v) is 9.53. The van der Waals surface area contributed by atoms with E-state index < -0.39 is 35.6 Å². The summed E-state index contributed by atoms with van der Waals surface area (Å²) in [6, 6.07) is 6.14. The largest absolute Gasteiger partial charge is 0.465 e. The van der Waals surface area contributed by atoms with Gasteiger partial charge in [-0.05, 0) is 50.7 Å². The fraction of sp³-hybridized carbons (Fsp3) is 0.581. The number of anilines is 1. The monoisotopic (exact) mass is 650 g/mol. The predicted octanol–water partition coefficient (Wildman–Crippen LogP) is 5.06. The summed E-state index contributed by atoms with van der Waals surface area (Å²) in [5, 5.41) is 9.57. The Morgan fingerprint density at radius 3 is 2.63 bits per heavy atom. The number of unbranched alkanes of at least 4 members (excludes halogenated alkanes) is 5. The zero-order valence-corrected chi connectivity index (χ0v) is 25.7. The lowest BCUT2D eigenvalue weighted by molar-refractivity contribution is -0.155. The Bertz CT molecular complexity index is 1130. The van der Waals surface area contributed by atoms with E-state index in [9.17, 15) is 14.4 Å². The van der Waals surface area contributed by atoms with Crippen LogP contribution in [-0.2, 0) is 23.9 Å². The summed E-state index contributed by atoms with van der Waals surface area (Å²) >= 11 is 10.2. The Balaban J connectivity index is 1.67. The number of aliphatic hydroxyl groups excluding tert-OH is 1. The molecule has 3 fully saturated rings. The fourth-order valence-corrected chi connectivity index (χ4v) is 7.76. The molecular formula is C31H40BrClN2O6. The maximum Gasteiger partial charge on any atom is 0.312 e. The maximum absolute atomic E-state index is 14.5. The standard InChI is InChI=1S/C31H40BrClN2O6/c1-3-5-6-13-19-40-30(39)24-25-28(37)35(17-11-7-8-12-18-36)27(31(25)20-21(32)26(24)41-31)29(38)34(16-4-2)23-15-10-9-14-22(23)33/h3-4,9-10,14-15,21,24-27,36H,1-2,5-8,11-13,16-20H2/t21?,24-,25+,26-,27?,31?/m1/s1. The second kappa shape index (κ2) is 14.3. The highest BCUT2D eigenvalue weighted by Crippen LogP contribution is 2.60.